The zero-order valence-corrected chi connectivity index (χ0v) is 6.13. The molecule has 0 radical (unpaired) electrons. The summed E-state index contributed by atoms with van der Waals surface area (Å²) in [6, 6.07) is 0.530. The number of nitriles is 2. The molecule has 8 heteroatoms. The number of nitrogens with one attached hydrogen (secondary N) is 1. The van der Waals surface area contributed by atoms with Crippen LogP contribution in [0.15, 0.2) is 4.99 Å². The fraction of sp³-hybridized carbons (Fsp3) is 0.500. The van der Waals surface area contributed by atoms with Gasteiger partial charge < -0.3 is 5.32 Å². The number of rotatable bonds is 0. The Bertz CT molecular complexity index is 323. The standard InChI is InChI=1S/C6H3F3N4.Li.H/c7-6(8,9)5-12-3(1-10)4(2-11)13-5;;/h3-4H,(H,12,13);;. The number of aliphatic imine (C=N–C) groups is 1. The fourth-order valence-corrected chi connectivity index (χ4v) is 0.838. The fourth-order valence-electron chi connectivity index (χ4n) is 0.838. The number of alkyl halides is 3. The maximum absolute atomic E-state index is 12.0. The van der Waals surface area contributed by atoms with Crippen molar-refractivity contribution in [2.75, 3.05) is 0 Å². The monoisotopic (exact) mass is 196 g/mol. The Morgan fingerprint density at radius 2 is 1.86 bits per heavy atom. The van der Waals surface area contributed by atoms with Crippen molar-refractivity contribution in [3.63, 3.8) is 0 Å². The SMILES string of the molecule is N#CC1N=C(C(F)(F)F)NC1C#N.[LiH]. The van der Waals surface area contributed by atoms with Crippen LogP contribution >= 0.6 is 0 Å². The summed E-state index contributed by atoms with van der Waals surface area (Å²) in [5.41, 5.74) is 0. The van der Waals surface area contributed by atoms with Gasteiger partial charge in [0.2, 0.25) is 5.84 Å². The summed E-state index contributed by atoms with van der Waals surface area (Å²) < 4.78 is 35.9. The third-order valence-corrected chi connectivity index (χ3v) is 1.42. The van der Waals surface area contributed by atoms with E-state index in [9.17, 15) is 13.2 Å². The minimum absolute atomic E-state index is 0. The Morgan fingerprint density at radius 3 is 2.14 bits per heavy atom. The van der Waals surface area contributed by atoms with Gasteiger partial charge in [0.15, 0.2) is 12.1 Å². The van der Waals surface area contributed by atoms with Crippen LogP contribution in [0.25, 0.3) is 0 Å². The quantitative estimate of drug-likeness (QED) is 0.540. The number of nitrogens with zero attached hydrogens (tertiary/aromatic N) is 3. The molecule has 14 heavy (non-hydrogen) atoms. The summed E-state index contributed by atoms with van der Waals surface area (Å²) in [6.07, 6.45) is -4.62. The molecule has 2 atom stereocenters. The molecule has 0 amide bonds. The minimum atomic E-state index is -4.62. The van der Waals surface area contributed by atoms with E-state index in [1.165, 1.54) is 12.1 Å². The van der Waals surface area contributed by atoms with Crippen LogP contribution in [0, 0.1) is 22.7 Å². The van der Waals surface area contributed by atoms with Crippen LogP contribution in [-0.2, 0) is 0 Å². The molecule has 0 aliphatic carbocycles. The Kier molecular flexibility index (Phi) is 4.01. The number of hydrogen-bond acceptors (Lipinski definition) is 4. The van der Waals surface area contributed by atoms with Crippen LogP contribution in [0.3, 0.4) is 0 Å². The second-order valence-corrected chi connectivity index (χ2v) is 2.30. The third kappa shape index (κ3) is 2.42. The van der Waals surface area contributed by atoms with Gasteiger partial charge in [0.25, 0.3) is 0 Å². The van der Waals surface area contributed by atoms with E-state index >= 15 is 0 Å². The topological polar surface area (TPSA) is 72.0 Å². The van der Waals surface area contributed by atoms with Crippen molar-refractivity contribution < 1.29 is 13.2 Å². The Labute approximate surface area is 89.6 Å². The van der Waals surface area contributed by atoms with Gasteiger partial charge in [-0.05, 0) is 0 Å². The molecule has 2 unspecified atom stereocenters. The zero-order valence-electron chi connectivity index (χ0n) is 6.13. The van der Waals surface area contributed by atoms with Gasteiger partial charge in [-0.2, -0.15) is 23.7 Å². The molecule has 1 rings (SSSR count). The first-order valence-electron chi connectivity index (χ1n) is 3.20. The van der Waals surface area contributed by atoms with Crippen molar-refractivity contribution in [1.29, 1.82) is 10.5 Å². The molecule has 0 fully saturated rings. The van der Waals surface area contributed by atoms with Crippen molar-refractivity contribution in [2.45, 2.75) is 18.3 Å². The molecule has 70 valence electrons. The molecule has 0 spiro atoms. The zero-order chi connectivity index (χ0) is 10.1. The van der Waals surface area contributed by atoms with Crippen LogP contribution in [0.2, 0.25) is 0 Å². The van der Waals surface area contributed by atoms with Crippen molar-refractivity contribution in [1.82, 2.24) is 5.32 Å². The summed E-state index contributed by atoms with van der Waals surface area (Å²) in [5, 5.41) is 18.5. The third-order valence-electron chi connectivity index (χ3n) is 1.42. The molecule has 1 aliphatic heterocycles. The van der Waals surface area contributed by atoms with Gasteiger partial charge in [-0.25, -0.2) is 4.99 Å². The van der Waals surface area contributed by atoms with Crippen molar-refractivity contribution in [2.24, 2.45) is 4.99 Å². The van der Waals surface area contributed by atoms with Gasteiger partial charge in [-0.3, -0.25) is 0 Å². The molecule has 0 aromatic heterocycles. The van der Waals surface area contributed by atoms with Crippen LogP contribution in [-0.4, -0.2) is 43.0 Å². The summed E-state index contributed by atoms with van der Waals surface area (Å²) in [5.74, 6) is -1.26. The number of halogens is 3. The average molecular weight is 196 g/mol. The molecular weight excluding hydrogens is 192 g/mol. The van der Waals surface area contributed by atoms with Gasteiger partial charge in [0.05, 0.1) is 12.1 Å². The Hall–Kier alpha value is -1.16. The Morgan fingerprint density at radius 1 is 1.29 bits per heavy atom. The maximum atomic E-state index is 12.0. The average Bonchev–Trinajstić information content (AvgIpc) is 2.45. The van der Waals surface area contributed by atoms with Crippen LogP contribution in [0.5, 0.6) is 0 Å². The second kappa shape index (κ2) is 4.37. The van der Waals surface area contributed by atoms with E-state index in [-0.39, 0.29) is 18.9 Å². The van der Waals surface area contributed by atoms with Crippen LogP contribution in [0.4, 0.5) is 13.2 Å². The van der Waals surface area contributed by atoms with Gasteiger partial charge >= 0.3 is 25.0 Å². The molecular formula is C6H4F3LiN4. The molecule has 4 nitrogen and oxygen atoms in total. The van der Waals surface area contributed by atoms with E-state index in [0.717, 1.165) is 0 Å². The van der Waals surface area contributed by atoms with Crippen LogP contribution in [0.1, 0.15) is 0 Å². The predicted molar refractivity (Wildman–Crippen MR) is 42.6 cm³/mol. The van der Waals surface area contributed by atoms with E-state index in [1.54, 1.807) is 0 Å². The first-order chi connectivity index (χ1) is 5.99. The van der Waals surface area contributed by atoms with Gasteiger partial charge in [-0.15, -0.1) is 0 Å². The molecule has 0 saturated heterocycles. The molecule has 0 bridgehead atoms. The Balaban J connectivity index is 0.00000169. The van der Waals surface area contributed by atoms with E-state index in [0.29, 0.717) is 0 Å². The molecule has 1 aliphatic rings. The van der Waals surface area contributed by atoms with Crippen molar-refractivity contribution in [3.8, 4) is 12.1 Å². The molecule has 0 saturated carbocycles. The first kappa shape index (κ1) is 12.8. The first-order valence-corrected chi connectivity index (χ1v) is 3.20. The van der Waals surface area contributed by atoms with Gasteiger partial charge in [0.1, 0.15) is 0 Å². The summed E-state index contributed by atoms with van der Waals surface area (Å²) >= 11 is 0. The van der Waals surface area contributed by atoms with E-state index in [1.807, 2.05) is 5.32 Å². The van der Waals surface area contributed by atoms with Crippen molar-refractivity contribution >= 4 is 24.7 Å². The molecule has 1 N–H and O–H groups in total. The summed E-state index contributed by atoms with van der Waals surface area (Å²) in [4.78, 5) is 3.03. The summed E-state index contributed by atoms with van der Waals surface area (Å²) in [6.45, 7) is 0. The van der Waals surface area contributed by atoms with Gasteiger partial charge in [-0.1, -0.05) is 0 Å². The molecule has 0 aromatic rings. The summed E-state index contributed by atoms with van der Waals surface area (Å²) in [7, 11) is 0. The molecule has 1 heterocycles. The molecule has 0 aromatic carbocycles. The van der Waals surface area contributed by atoms with Crippen LogP contribution < -0.4 is 5.32 Å². The number of hydrogen-bond donors (Lipinski definition) is 1. The second-order valence-electron chi connectivity index (χ2n) is 2.30. The van der Waals surface area contributed by atoms with Gasteiger partial charge in [0, 0.05) is 0 Å². The predicted octanol–water partition coefficient (Wildman–Crippen LogP) is -0.314. The number of amidine groups is 1. The normalized spacial score (nSPS) is 25.1. The van der Waals surface area contributed by atoms with Crippen molar-refractivity contribution in [3.05, 3.63) is 0 Å². The van der Waals surface area contributed by atoms with E-state index in [2.05, 4.69) is 4.99 Å². The van der Waals surface area contributed by atoms with E-state index < -0.39 is 24.1 Å². The van der Waals surface area contributed by atoms with E-state index in [4.69, 9.17) is 10.5 Å².